The highest BCUT2D eigenvalue weighted by Gasteiger charge is 2.11. The number of benzene rings is 1. The average Bonchev–Trinajstić information content (AvgIpc) is 3.17. The maximum absolute atomic E-state index is 12.2. The lowest BCUT2D eigenvalue weighted by Gasteiger charge is -2.01. The zero-order chi connectivity index (χ0) is 18.2. The minimum absolute atomic E-state index is 0.0262. The fourth-order valence-corrected chi connectivity index (χ4v) is 2.70. The van der Waals surface area contributed by atoms with Crippen LogP contribution in [0.15, 0.2) is 59.1 Å². The van der Waals surface area contributed by atoms with Crippen LogP contribution in [0.2, 0.25) is 0 Å². The molecule has 0 radical (unpaired) electrons. The van der Waals surface area contributed by atoms with Crippen molar-refractivity contribution in [1.82, 2.24) is 25.5 Å². The molecule has 0 aliphatic heterocycles. The number of nitrogens with zero attached hydrogens (tertiary/aromatic N) is 6. The molecule has 3 N–H and O–H groups in total. The Morgan fingerprint density at radius 2 is 1.96 bits per heavy atom. The number of carbonyl (C=O) groups excluding carboxylic acids is 1. The molecule has 26 heavy (non-hydrogen) atoms. The van der Waals surface area contributed by atoms with Crippen molar-refractivity contribution in [3.8, 4) is 10.6 Å². The molecule has 2 heterocycles. The Balaban J connectivity index is 1.59. The molecule has 0 aliphatic carbocycles. The number of carbonyl (C=O) groups is 1. The molecule has 9 nitrogen and oxygen atoms in total. The summed E-state index contributed by atoms with van der Waals surface area (Å²) in [6, 6.07) is 9.69. The van der Waals surface area contributed by atoms with Crippen LogP contribution in [0, 0.1) is 0 Å². The molecule has 0 saturated carbocycles. The van der Waals surface area contributed by atoms with Crippen LogP contribution in [0.3, 0.4) is 0 Å². The largest absolute Gasteiger partial charge is 0.344 e. The standard InChI is InChI=1S/C16H14N8OS/c17-22-13(8-20-12-6-18-10-19-7-12)15(25)21-9-14-23-24-16(26-14)11-4-2-1-3-5-11/h1-8,10H,9,17H2,(H,21,25)/b20-8?,22-13+. The van der Waals surface area contributed by atoms with Gasteiger partial charge in [0.15, 0.2) is 5.71 Å². The Morgan fingerprint density at radius 1 is 1.19 bits per heavy atom. The molecule has 0 fully saturated rings. The zero-order valence-electron chi connectivity index (χ0n) is 13.5. The van der Waals surface area contributed by atoms with Crippen LogP contribution >= 0.6 is 11.3 Å². The van der Waals surface area contributed by atoms with Gasteiger partial charge in [-0.25, -0.2) is 9.97 Å². The molecule has 0 atom stereocenters. The van der Waals surface area contributed by atoms with Crippen molar-refractivity contribution >= 4 is 34.9 Å². The van der Waals surface area contributed by atoms with E-state index in [2.05, 4.69) is 35.6 Å². The number of nitrogens with two attached hydrogens (primary N) is 1. The third-order valence-electron chi connectivity index (χ3n) is 3.14. The summed E-state index contributed by atoms with van der Waals surface area (Å²) in [5.74, 6) is 4.80. The predicted molar refractivity (Wildman–Crippen MR) is 99.0 cm³/mol. The van der Waals surface area contributed by atoms with Crippen LogP contribution < -0.4 is 11.2 Å². The van der Waals surface area contributed by atoms with Gasteiger partial charge in [-0.05, 0) is 0 Å². The van der Waals surface area contributed by atoms with E-state index in [1.165, 1.54) is 36.3 Å². The lowest BCUT2D eigenvalue weighted by atomic mass is 10.2. The average molecular weight is 366 g/mol. The maximum Gasteiger partial charge on any atom is 0.273 e. The molecule has 0 spiro atoms. The smallest absolute Gasteiger partial charge is 0.273 e. The number of hydrogen-bond acceptors (Lipinski definition) is 9. The monoisotopic (exact) mass is 366 g/mol. The van der Waals surface area contributed by atoms with Crippen LogP contribution in [-0.4, -0.2) is 38.0 Å². The van der Waals surface area contributed by atoms with Crippen molar-refractivity contribution in [2.24, 2.45) is 15.9 Å². The summed E-state index contributed by atoms with van der Waals surface area (Å²) in [6.07, 6.45) is 5.64. The van der Waals surface area contributed by atoms with Crippen molar-refractivity contribution in [3.05, 3.63) is 54.1 Å². The molecule has 3 rings (SSSR count). The minimum atomic E-state index is -0.468. The Morgan fingerprint density at radius 3 is 2.69 bits per heavy atom. The fourth-order valence-electron chi connectivity index (χ4n) is 1.91. The normalized spacial score (nSPS) is 11.6. The summed E-state index contributed by atoms with van der Waals surface area (Å²) in [5, 5.41) is 15.8. The Labute approximate surface area is 152 Å². The van der Waals surface area contributed by atoms with E-state index < -0.39 is 5.91 Å². The number of aliphatic imine (C=N–C) groups is 1. The van der Waals surface area contributed by atoms with E-state index >= 15 is 0 Å². The van der Waals surface area contributed by atoms with E-state index in [9.17, 15) is 4.79 Å². The molecule has 10 heteroatoms. The third-order valence-corrected chi connectivity index (χ3v) is 4.11. The molecule has 0 unspecified atom stereocenters. The Bertz CT molecular complexity index is 924. The molecule has 3 aromatic rings. The van der Waals surface area contributed by atoms with Crippen LogP contribution in [0.5, 0.6) is 0 Å². The summed E-state index contributed by atoms with van der Waals surface area (Å²) in [5.41, 5.74) is 1.43. The molecule has 2 aromatic heterocycles. The molecular formula is C16H14N8OS. The second kappa shape index (κ2) is 8.53. The van der Waals surface area contributed by atoms with E-state index in [1.807, 2.05) is 30.3 Å². The number of aromatic nitrogens is 4. The number of hydrazone groups is 1. The summed E-state index contributed by atoms with van der Waals surface area (Å²) in [4.78, 5) is 23.9. The SMILES string of the molecule is N/N=C(\C=Nc1cncnc1)C(=O)NCc1nnc(-c2ccccc2)s1. The van der Waals surface area contributed by atoms with Gasteiger partial charge in [0.1, 0.15) is 16.3 Å². The van der Waals surface area contributed by atoms with Gasteiger partial charge in [-0.15, -0.1) is 10.2 Å². The van der Waals surface area contributed by atoms with Gasteiger partial charge in [0, 0.05) is 5.56 Å². The Hall–Kier alpha value is -3.53. The number of rotatable bonds is 6. The molecule has 0 bridgehead atoms. The van der Waals surface area contributed by atoms with Crippen LogP contribution in [0.4, 0.5) is 5.69 Å². The summed E-state index contributed by atoms with van der Waals surface area (Å²) < 4.78 is 0. The van der Waals surface area contributed by atoms with Crippen molar-refractivity contribution in [1.29, 1.82) is 0 Å². The lowest BCUT2D eigenvalue weighted by molar-refractivity contribution is -0.114. The fraction of sp³-hybridized carbons (Fsp3) is 0.0625. The van der Waals surface area contributed by atoms with Crippen LogP contribution in [0.1, 0.15) is 5.01 Å². The van der Waals surface area contributed by atoms with Crippen molar-refractivity contribution in [2.75, 3.05) is 0 Å². The van der Waals surface area contributed by atoms with Gasteiger partial charge in [0.25, 0.3) is 5.91 Å². The quantitative estimate of drug-likeness (QED) is 0.384. The summed E-state index contributed by atoms with van der Waals surface area (Å²) in [7, 11) is 0. The maximum atomic E-state index is 12.2. The first-order chi connectivity index (χ1) is 12.8. The molecule has 1 amide bonds. The summed E-state index contributed by atoms with van der Waals surface area (Å²) >= 11 is 1.40. The molecule has 1 aromatic carbocycles. The van der Waals surface area contributed by atoms with Crippen molar-refractivity contribution in [3.63, 3.8) is 0 Å². The van der Waals surface area contributed by atoms with Gasteiger partial charge < -0.3 is 11.2 Å². The molecule has 130 valence electrons. The lowest BCUT2D eigenvalue weighted by Crippen LogP contribution is -2.32. The second-order valence-corrected chi connectivity index (χ2v) is 5.98. The number of amides is 1. The van der Waals surface area contributed by atoms with E-state index in [0.29, 0.717) is 10.7 Å². The highest BCUT2D eigenvalue weighted by Crippen LogP contribution is 2.22. The first kappa shape index (κ1) is 17.3. The van der Waals surface area contributed by atoms with Gasteiger partial charge in [-0.1, -0.05) is 41.7 Å². The first-order valence-corrected chi connectivity index (χ1v) is 8.31. The first-order valence-electron chi connectivity index (χ1n) is 7.49. The number of hydrogen-bond donors (Lipinski definition) is 2. The number of nitrogens with one attached hydrogen (secondary N) is 1. The predicted octanol–water partition coefficient (Wildman–Crippen LogP) is 1.33. The van der Waals surface area contributed by atoms with Gasteiger partial charge in [0.05, 0.1) is 30.8 Å². The van der Waals surface area contributed by atoms with Gasteiger partial charge >= 0.3 is 0 Å². The minimum Gasteiger partial charge on any atom is -0.344 e. The zero-order valence-corrected chi connectivity index (χ0v) is 14.3. The van der Waals surface area contributed by atoms with Gasteiger partial charge in [-0.3, -0.25) is 9.79 Å². The summed E-state index contributed by atoms with van der Waals surface area (Å²) in [6.45, 7) is 0.213. The van der Waals surface area contributed by atoms with E-state index in [-0.39, 0.29) is 12.3 Å². The van der Waals surface area contributed by atoms with Crippen LogP contribution in [0.25, 0.3) is 10.6 Å². The Kier molecular flexibility index (Phi) is 5.68. The topological polar surface area (TPSA) is 131 Å². The van der Waals surface area contributed by atoms with E-state index in [4.69, 9.17) is 5.84 Å². The molecular weight excluding hydrogens is 352 g/mol. The van der Waals surface area contributed by atoms with E-state index in [0.717, 1.165) is 10.6 Å². The molecule has 0 saturated heterocycles. The third kappa shape index (κ3) is 4.51. The molecule has 0 aliphatic rings. The van der Waals surface area contributed by atoms with Crippen molar-refractivity contribution in [2.45, 2.75) is 6.54 Å². The van der Waals surface area contributed by atoms with Gasteiger partial charge in [0.2, 0.25) is 0 Å². The highest BCUT2D eigenvalue weighted by molar-refractivity contribution is 7.14. The second-order valence-electron chi connectivity index (χ2n) is 4.92. The van der Waals surface area contributed by atoms with Crippen molar-refractivity contribution < 1.29 is 4.79 Å². The van der Waals surface area contributed by atoms with E-state index in [1.54, 1.807) is 0 Å². The van der Waals surface area contributed by atoms with Gasteiger partial charge in [-0.2, -0.15) is 5.10 Å². The highest BCUT2D eigenvalue weighted by atomic mass is 32.1. The van der Waals surface area contributed by atoms with Crippen LogP contribution in [-0.2, 0) is 11.3 Å².